The maximum atomic E-state index is 5.52. The van der Waals surface area contributed by atoms with Gasteiger partial charge in [-0.05, 0) is 13.0 Å². The van der Waals surface area contributed by atoms with Crippen molar-refractivity contribution in [3.05, 3.63) is 12.4 Å². The van der Waals surface area contributed by atoms with E-state index < -0.39 is 0 Å². The first-order chi connectivity index (χ1) is 8.31. The third-order valence-electron chi connectivity index (χ3n) is 2.36. The number of methoxy groups -OCH3 is 2. The molecule has 0 saturated heterocycles. The Morgan fingerprint density at radius 1 is 1.29 bits per heavy atom. The zero-order valence-corrected chi connectivity index (χ0v) is 10.4. The van der Waals surface area contributed by atoms with E-state index in [4.69, 9.17) is 15.2 Å². The van der Waals surface area contributed by atoms with Crippen LogP contribution >= 0.6 is 0 Å². The quantitative estimate of drug-likeness (QED) is 0.704. The minimum absolute atomic E-state index is 0.560. The van der Waals surface area contributed by atoms with E-state index in [1.807, 2.05) is 6.07 Å². The van der Waals surface area contributed by atoms with E-state index >= 15 is 0 Å². The SMILES string of the molecule is COCCN(CCCN)c1cc(OC)ncn1. The van der Waals surface area contributed by atoms with Gasteiger partial charge >= 0.3 is 0 Å². The lowest BCUT2D eigenvalue weighted by Crippen LogP contribution is -2.30. The Hall–Kier alpha value is -1.40. The van der Waals surface area contributed by atoms with Crippen LogP contribution in [0.2, 0.25) is 0 Å². The molecule has 1 aromatic rings. The van der Waals surface area contributed by atoms with Gasteiger partial charge in [0.15, 0.2) is 0 Å². The first kappa shape index (κ1) is 13.7. The number of rotatable bonds is 8. The molecule has 0 atom stereocenters. The van der Waals surface area contributed by atoms with Gasteiger partial charge in [0.05, 0.1) is 13.7 Å². The van der Waals surface area contributed by atoms with Gasteiger partial charge in [0.25, 0.3) is 0 Å². The van der Waals surface area contributed by atoms with Crippen molar-refractivity contribution in [1.29, 1.82) is 0 Å². The summed E-state index contributed by atoms with van der Waals surface area (Å²) >= 11 is 0. The summed E-state index contributed by atoms with van der Waals surface area (Å²) in [5.41, 5.74) is 5.52. The zero-order chi connectivity index (χ0) is 12.5. The van der Waals surface area contributed by atoms with Crippen molar-refractivity contribution in [2.75, 3.05) is 45.4 Å². The molecule has 0 saturated carbocycles. The van der Waals surface area contributed by atoms with E-state index in [1.165, 1.54) is 6.33 Å². The highest BCUT2D eigenvalue weighted by Gasteiger charge is 2.08. The van der Waals surface area contributed by atoms with Gasteiger partial charge in [0.1, 0.15) is 12.1 Å². The van der Waals surface area contributed by atoms with Crippen LogP contribution in [0.15, 0.2) is 12.4 Å². The molecule has 0 radical (unpaired) electrons. The van der Waals surface area contributed by atoms with Crippen LogP contribution in [0.4, 0.5) is 5.82 Å². The molecule has 6 nitrogen and oxygen atoms in total. The van der Waals surface area contributed by atoms with Crippen LogP contribution in [0, 0.1) is 0 Å². The Labute approximate surface area is 102 Å². The number of hydrogen-bond donors (Lipinski definition) is 1. The van der Waals surface area contributed by atoms with Crippen LogP contribution in [0.5, 0.6) is 5.88 Å². The molecule has 0 aliphatic rings. The lowest BCUT2D eigenvalue weighted by Gasteiger charge is -2.23. The Balaban J connectivity index is 2.71. The molecule has 1 aromatic heterocycles. The van der Waals surface area contributed by atoms with E-state index in [9.17, 15) is 0 Å². The van der Waals surface area contributed by atoms with Crippen LogP contribution in [0.1, 0.15) is 6.42 Å². The molecule has 0 aliphatic carbocycles. The smallest absolute Gasteiger partial charge is 0.218 e. The first-order valence-electron chi connectivity index (χ1n) is 5.61. The summed E-state index contributed by atoms with van der Waals surface area (Å²) in [6, 6.07) is 1.81. The fourth-order valence-electron chi connectivity index (χ4n) is 1.44. The minimum Gasteiger partial charge on any atom is -0.481 e. The lowest BCUT2D eigenvalue weighted by atomic mass is 10.3. The average Bonchev–Trinajstić information content (AvgIpc) is 2.39. The molecule has 0 amide bonds. The second kappa shape index (κ2) is 7.81. The van der Waals surface area contributed by atoms with Gasteiger partial charge in [-0.2, -0.15) is 0 Å². The molecule has 0 bridgehead atoms. The molecule has 0 aromatic carbocycles. The van der Waals surface area contributed by atoms with E-state index in [0.29, 0.717) is 19.0 Å². The van der Waals surface area contributed by atoms with Crippen molar-refractivity contribution in [2.45, 2.75) is 6.42 Å². The summed E-state index contributed by atoms with van der Waals surface area (Å²) in [5.74, 6) is 1.40. The molecule has 96 valence electrons. The number of hydrogen-bond acceptors (Lipinski definition) is 6. The Morgan fingerprint density at radius 3 is 2.76 bits per heavy atom. The molecule has 1 rings (SSSR count). The van der Waals surface area contributed by atoms with E-state index in [0.717, 1.165) is 25.3 Å². The minimum atomic E-state index is 0.560. The number of anilines is 1. The molecule has 17 heavy (non-hydrogen) atoms. The van der Waals surface area contributed by atoms with Gasteiger partial charge < -0.3 is 20.1 Å². The normalized spacial score (nSPS) is 10.3. The maximum absolute atomic E-state index is 5.52. The highest BCUT2D eigenvalue weighted by molar-refractivity contribution is 5.40. The Kier molecular flexibility index (Phi) is 6.27. The molecular weight excluding hydrogens is 220 g/mol. The lowest BCUT2D eigenvalue weighted by molar-refractivity contribution is 0.205. The van der Waals surface area contributed by atoms with Crippen LogP contribution in [-0.4, -0.2) is 50.4 Å². The average molecular weight is 240 g/mol. The van der Waals surface area contributed by atoms with Crippen LogP contribution in [-0.2, 0) is 4.74 Å². The largest absolute Gasteiger partial charge is 0.481 e. The van der Waals surface area contributed by atoms with Gasteiger partial charge in [-0.15, -0.1) is 0 Å². The molecule has 0 aliphatic heterocycles. The molecule has 1 heterocycles. The predicted molar refractivity (Wildman–Crippen MR) is 66.3 cm³/mol. The van der Waals surface area contributed by atoms with Crippen LogP contribution < -0.4 is 15.4 Å². The summed E-state index contributed by atoms with van der Waals surface area (Å²) in [6.07, 6.45) is 2.41. The molecule has 0 fully saturated rings. The summed E-state index contributed by atoms with van der Waals surface area (Å²) in [5, 5.41) is 0. The second-order valence-corrected chi connectivity index (χ2v) is 3.54. The molecule has 0 spiro atoms. The van der Waals surface area contributed by atoms with Crippen molar-refractivity contribution in [3.63, 3.8) is 0 Å². The Morgan fingerprint density at radius 2 is 2.12 bits per heavy atom. The molecule has 2 N–H and O–H groups in total. The first-order valence-corrected chi connectivity index (χ1v) is 5.61. The molecule has 0 unspecified atom stereocenters. The highest BCUT2D eigenvalue weighted by atomic mass is 16.5. The van der Waals surface area contributed by atoms with Gasteiger partial charge in [0.2, 0.25) is 5.88 Å². The summed E-state index contributed by atoms with van der Waals surface area (Å²) in [6.45, 7) is 2.93. The van der Waals surface area contributed by atoms with E-state index in [2.05, 4.69) is 14.9 Å². The summed E-state index contributed by atoms with van der Waals surface area (Å²) in [7, 11) is 3.27. The molecular formula is C11H20N4O2. The highest BCUT2D eigenvalue weighted by Crippen LogP contribution is 2.15. The van der Waals surface area contributed by atoms with E-state index in [1.54, 1.807) is 14.2 Å². The monoisotopic (exact) mass is 240 g/mol. The van der Waals surface area contributed by atoms with Gasteiger partial charge in [0, 0.05) is 26.3 Å². The van der Waals surface area contributed by atoms with Crippen molar-refractivity contribution >= 4 is 5.82 Å². The molecule has 6 heteroatoms. The zero-order valence-electron chi connectivity index (χ0n) is 10.4. The number of ether oxygens (including phenoxy) is 2. The van der Waals surface area contributed by atoms with Gasteiger partial charge in [-0.3, -0.25) is 0 Å². The Bertz CT molecular complexity index is 314. The van der Waals surface area contributed by atoms with Crippen molar-refractivity contribution < 1.29 is 9.47 Å². The van der Waals surface area contributed by atoms with Gasteiger partial charge in [-0.25, -0.2) is 9.97 Å². The maximum Gasteiger partial charge on any atom is 0.218 e. The summed E-state index contributed by atoms with van der Waals surface area (Å²) < 4.78 is 10.2. The number of aromatic nitrogens is 2. The van der Waals surface area contributed by atoms with Crippen LogP contribution in [0.25, 0.3) is 0 Å². The second-order valence-electron chi connectivity index (χ2n) is 3.54. The number of nitrogens with two attached hydrogens (primary N) is 1. The van der Waals surface area contributed by atoms with Crippen molar-refractivity contribution in [3.8, 4) is 5.88 Å². The van der Waals surface area contributed by atoms with Crippen molar-refractivity contribution in [1.82, 2.24) is 9.97 Å². The van der Waals surface area contributed by atoms with E-state index in [-0.39, 0.29) is 0 Å². The third kappa shape index (κ3) is 4.54. The van der Waals surface area contributed by atoms with Crippen LogP contribution in [0.3, 0.4) is 0 Å². The fourth-order valence-corrected chi connectivity index (χ4v) is 1.44. The third-order valence-corrected chi connectivity index (χ3v) is 2.36. The predicted octanol–water partition coefficient (Wildman–Crippen LogP) is 0.287. The van der Waals surface area contributed by atoms with Gasteiger partial charge in [-0.1, -0.05) is 0 Å². The topological polar surface area (TPSA) is 73.5 Å². The number of nitrogens with zero attached hydrogens (tertiary/aromatic N) is 3. The summed E-state index contributed by atoms with van der Waals surface area (Å²) in [4.78, 5) is 10.3. The standard InChI is InChI=1S/C11H20N4O2/c1-16-7-6-15(5-3-4-12)10-8-11(17-2)14-9-13-10/h8-9H,3-7,12H2,1-2H3. The fraction of sp³-hybridized carbons (Fsp3) is 0.636. The van der Waals surface area contributed by atoms with Crippen molar-refractivity contribution in [2.24, 2.45) is 5.73 Å².